The smallest absolute Gasteiger partial charge is 0.0206 e. The molecule has 1 aromatic carbocycles. The molecule has 0 unspecified atom stereocenters. The van der Waals surface area contributed by atoms with Crippen LogP contribution in [0.2, 0.25) is 0 Å². The Bertz CT molecular complexity index is 286. The Labute approximate surface area is 92.1 Å². The number of rotatable bonds is 4. The van der Waals surface area contributed by atoms with Crippen molar-refractivity contribution >= 4 is 0 Å². The quantitative estimate of drug-likeness (QED) is 0.782. The van der Waals surface area contributed by atoms with E-state index in [0.717, 1.165) is 13.1 Å². The van der Waals surface area contributed by atoms with Crippen LogP contribution < -0.4 is 10.6 Å². The van der Waals surface area contributed by atoms with Gasteiger partial charge in [-0.1, -0.05) is 29.8 Å². The van der Waals surface area contributed by atoms with E-state index in [1.165, 1.54) is 30.5 Å². The molecule has 2 heteroatoms. The number of benzene rings is 1. The molecular weight excluding hydrogens is 184 g/mol. The third kappa shape index (κ3) is 3.33. The first kappa shape index (κ1) is 10.7. The van der Waals surface area contributed by atoms with Crippen LogP contribution in [0.3, 0.4) is 0 Å². The molecule has 2 rings (SSSR count). The largest absolute Gasteiger partial charge is 0.313 e. The van der Waals surface area contributed by atoms with Gasteiger partial charge in [0.25, 0.3) is 0 Å². The van der Waals surface area contributed by atoms with Gasteiger partial charge < -0.3 is 10.6 Å². The van der Waals surface area contributed by atoms with E-state index >= 15 is 0 Å². The Kier molecular flexibility index (Phi) is 3.75. The molecule has 0 amide bonds. The maximum absolute atomic E-state index is 3.50. The van der Waals surface area contributed by atoms with Crippen molar-refractivity contribution in [1.82, 2.24) is 10.6 Å². The lowest BCUT2D eigenvalue weighted by molar-refractivity contribution is 0.536. The van der Waals surface area contributed by atoms with Crippen molar-refractivity contribution in [2.24, 2.45) is 0 Å². The molecule has 0 aliphatic carbocycles. The van der Waals surface area contributed by atoms with Crippen molar-refractivity contribution in [3.05, 3.63) is 35.4 Å². The van der Waals surface area contributed by atoms with E-state index in [9.17, 15) is 0 Å². The molecule has 1 aliphatic heterocycles. The highest BCUT2D eigenvalue weighted by atomic mass is 15.0. The molecule has 2 nitrogen and oxygen atoms in total. The fourth-order valence-corrected chi connectivity index (χ4v) is 2.03. The van der Waals surface area contributed by atoms with Gasteiger partial charge in [-0.05, 0) is 31.9 Å². The summed E-state index contributed by atoms with van der Waals surface area (Å²) in [5, 5.41) is 6.99. The highest BCUT2D eigenvalue weighted by Gasteiger charge is 2.12. The van der Waals surface area contributed by atoms with E-state index in [1.54, 1.807) is 0 Å². The van der Waals surface area contributed by atoms with Crippen LogP contribution in [-0.2, 0) is 6.54 Å². The van der Waals surface area contributed by atoms with Crippen molar-refractivity contribution in [3.8, 4) is 0 Å². The Morgan fingerprint density at radius 2 is 2.13 bits per heavy atom. The highest BCUT2D eigenvalue weighted by Crippen LogP contribution is 2.05. The van der Waals surface area contributed by atoms with E-state index < -0.39 is 0 Å². The fourth-order valence-electron chi connectivity index (χ4n) is 2.03. The van der Waals surface area contributed by atoms with Crippen LogP contribution in [0.15, 0.2) is 24.3 Å². The van der Waals surface area contributed by atoms with Crippen molar-refractivity contribution < 1.29 is 0 Å². The monoisotopic (exact) mass is 204 g/mol. The SMILES string of the molecule is Cc1ccc(CNC[C@@H]2CCCN2)cc1. The maximum Gasteiger partial charge on any atom is 0.0206 e. The zero-order valence-electron chi connectivity index (χ0n) is 9.42. The Morgan fingerprint density at radius 3 is 2.80 bits per heavy atom. The van der Waals surface area contributed by atoms with Gasteiger partial charge >= 0.3 is 0 Å². The lowest BCUT2D eigenvalue weighted by Gasteiger charge is -2.11. The molecule has 1 aliphatic rings. The molecule has 0 bridgehead atoms. The van der Waals surface area contributed by atoms with Crippen LogP contribution in [0.25, 0.3) is 0 Å². The first-order valence-electron chi connectivity index (χ1n) is 5.84. The van der Waals surface area contributed by atoms with Gasteiger partial charge in [-0.15, -0.1) is 0 Å². The summed E-state index contributed by atoms with van der Waals surface area (Å²) >= 11 is 0. The standard InChI is InChI=1S/C13H20N2/c1-11-4-6-12(7-5-11)9-14-10-13-3-2-8-15-13/h4-7,13-15H,2-3,8-10H2,1H3/t13-/m0/s1. The Morgan fingerprint density at radius 1 is 1.33 bits per heavy atom. The molecule has 0 radical (unpaired) electrons. The summed E-state index contributed by atoms with van der Waals surface area (Å²) in [7, 11) is 0. The average molecular weight is 204 g/mol. The molecule has 1 atom stereocenters. The summed E-state index contributed by atoms with van der Waals surface area (Å²) in [4.78, 5) is 0. The second kappa shape index (κ2) is 5.29. The normalized spacial score (nSPS) is 20.7. The van der Waals surface area contributed by atoms with Crippen LogP contribution in [0, 0.1) is 6.92 Å². The lowest BCUT2D eigenvalue weighted by Crippen LogP contribution is -2.33. The van der Waals surface area contributed by atoms with Gasteiger partial charge in [-0.3, -0.25) is 0 Å². The second-order valence-electron chi connectivity index (χ2n) is 4.41. The number of nitrogens with one attached hydrogen (secondary N) is 2. The van der Waals surface area contributed by atoms with Gasteiger partial charge in [0.2, 0.25) is 0 Å². The van der Waals surface area contributed by atoms with Gasteiger partial charge in [0.1, 0.15) is 0 Å². The number of aryl methyl sites for hydroxylation is 1. The Hall–Kier alpha value is -0.860. The predicted octanol–water partition coefficient (Wildman–Crippen LogP) is 1.84. The summed E-state index contributed by atoms with van der Waals surface area (Å²) in [5.74, 6) is 0. The lowest BCUT2D eigenvalue weighted by atomic mass is 10.1. The molecule has 1 heterocycles. The van der Waals surface area contributed by atoms with Crippen LogP contribution in [0.4, 0.5) is 0 Å². The minimum Gasteiger partial charge on any atom is -0.313 e. The zero-order valence-corrected chi connectivity index (χ0v) is 9.42. The molecule has 1 aromatic rings. The minimum atomic E-state index is 0.690. The zero-order chi connectivity index (χ0) is 10.5. The van der Waals surface area contributed by atoms with E-state index in [0.29, 0.717) is 6.04 Å². The summed E-state index contributed by atoms with van der Waals surface area (Å²) in [6.45, 7) is 5.39. The fraction of sp³-hybridized carbons (Fsp3) is 0.538. The van der Waals surface area contributed by atoms with Gasteiger partial charge in [-0.2, -0.15) is 0 Å². The second-order valence-corrected chi connectivity index (χ2v) is 4.41. The number of hydrogen-bond donors (Lipinski definition) is 2. The topological polar surface area (TPSA) is 24.1 Å². The maximum atomic E-state index is 3.50. The van der Waals surface area contributed by atoms with E-state index in [2.05, 4.69) is 41.8 Å². The molecule has 0 aromatic heterocycles. The van der Waals surface area contributed by atoms with E-state index in [4.69, 9.17) is 0 Å². The van der Waals surface area contributed by atoms with Crippen molar-refractivity contribution in [2.45, 2.75) is 32.4 Å². The summed E-state index contributed by atoms with van der Waals surface area (Å²) in [6.07, 6.45) is 2.65. The van der Waals surface area contributed by atoms with Crippen LogP contribution >= 0.6 is 0 Å². The van der Waals surface area contributed by atoms with Crippen molar-refractivity contribution in [3.63, 3.8) is 0 Å². The molecule has 0 spiro atoms. The molecule has 0 saturated carbocycles. The molecule has 15 heavy (non-hydrogen) atoms. The van der Waals surface area contributed by atoms with Gasteiger partial charge in [0.05, 0.1) is 0 Å². The molecule has 82 valence electrons. The summed E-state index contributed by atoms with van der Waals surface area (Å²) in [5.41, 5.74) is 2.70. The molecule has 1 saturated heterocycles. The minimum absolute atomic E-state index is 0.690. The number of hydrogen-bond acceptors (Lipinski definition) is 2. The average Bonchev–Trinajstić information content (AvgIpc) is 2.74. The molecule has 2 N–H and O–H groups in total. The van der Waals surface area contributed by atoms with Crippen molar-refractivity contribution in [1.29, 1.82) is 0 Å². The van der Waals surface area contributed by atoms with Gasteiger partial charge in [0, 0.05) is 19.1 Å². The van der Waals surface area contributed by atoms with Crippen LogP contribution in [-0.4, -0.2) is 19.1 Å². The van der Waals surface area contributed by atoms with E-state index in [1.807, 2.05) is 0 Å². The van der Waals surface area contributed by atoms with Crippen LogP contribution in [0.1, 0.15) is 24.0 Å². The summed E-state index contributed by atoms with van der Waals surface area (Å²) < 4.78 is 0. The summed E-state index contributed by atoms with van der Waals surface area (Å²) in [6, 6.07) is 9.43. The third-order valence-corrected chi connectivity index (χ3v) is 3.00. The highest BCUT2D eigenvalue weighted by molar-refractivity contribution is 5.21. The van der Waals surface area contributed by atoms with Gasteiger partial charge in [-0.25, -0.2) is 0 Å². The third-order valence-electron chi connectivity index (χ3n) is 3.00. The van der Waals surface area contributed by atoms with Gasteiger partial charge in [0.15, 0.2) is 0 Å². The predicted molar refractivity (Wildman–Crippen MR) is 63.9 cm³/mol. The first-order chi connectivity index (χ1) is 7.34. The first-order valence-corrected chi connectivity index (χ1v) is 5.84. The van der Waals surface area contributed by atoms with Crippen LogP contribution in [0.5, 0.6) is 0 Å². The molecule has 1 fully saturated rings. The van der Waals surface area contributed by atoms with E-state index in [-0.39, 0.29) is 0 Å². The van der Waals surface area contributed by atoms with Crippen molar-refractivity contribution in [2.75, 3.05) is 13.1 Å². The molecular formula is C13H20N2. The Balaban J connectivity index is 1.71.